The number of Topliss-reactive ketones (excluding diaryl/α,β-unsaturated/α-hetero) is 1. The molecule has 1 aliphatic carbocycles. The Labute approximate surface area is 158 Å². The summed E-state index contributed by atoms with van der Waals surface area (Å²) in [6.45, 7) is 0. The van der Waals surface area contributed by atoms with Gasteiger partial charge in [-0.05, 0) is 49.6 Å². The third-order valence-corrected chi connectivity index (χ3v) is 6.38. The fraction of sp³-hybridized carbons (Fsp3) is 0.300. The van der Waals surface area contributed by atoms with Gasteiger partial charge in [0.15, 0.2) is 11.9 Å². The second-order valence-electron chi connectivity index (χ2n) is 6.44. The zero-order chi connectivity index (χ0) is 19.4. The number of ether oxygens (including phenoxy) is 1. The predicted octanol–water partition coefficient (Wildman–Crippen LogP) is 3.18. The first-order valence-corrected chi connectivity index (χ1v) is 10.2. The number of nitrogens with zero attached hydrogens (tertiary/aromatic N) is 1. The summed E-state index contributed by atoms with van der Waals surface area (Å²) in [5, 5.41) is 0. The van der Waals surface area contributed by atoms with E-state index in [0.717, 1.165) is 17.1 Å². The summed E-state index contributed by atoms with van der Waals surface area (Å²) < 4.78 is 32.2. The lowest BCUT2D eigenvalue weighted by Crippen LogP contribution is -2.30. The van der Waals surface area contributed by atoms with Crippen LogP contribution in [0.3, 0.4) is 0 Å². The van der Waals surface area contributed by atoms with E-state index in [2.05, 4.69) is 0 Å². The van der Waals surface area contributed by atoms with Gasteiger partial charge >= 0.3 is 5.97 Å². The van der Waals surface area contributed by atoms with Crippen LogP contribution in [0.4, 0.5) is 5.69 Å². The normalized spacial score (nSPS) is 17.4. The Morgan fingerprint density at radius 2 is 1.81 bits per heavy atom. The van der Waals surface area contributed by atoms with Gasteiger partial charge in [-0.2, -0.15) is 0 Å². The number of para-hydroxylation sites is 1. The number of sulfonamides is 1. The molecule has 2 aromatic carbocycles. The summed E-state index contributed by atoms with van der Waals surface area (Å²) in [7, 11) is -2.38. The molecule has 0 aliphatic heterocycles. The van der Waals surface area contributed by atoms with E-state index in [-0.39, 0.29) is 16.2 Å². The fourth-order valence-electron chi connectivity index (χ4n) is 2.99. The predicted molar refractivity (Wildman–Crippen MR) is 101 cm³/mol. The van der Waals surface area contributed by atoms with Gasteiger partial charge in [0.1, 0.15) is 0 Å². The largest absolute Gasteiger partial charge is 0.451 e. The molecule has 1 atom stereocenters. The van der Waals surface area contributed by atoms with E-state index in [4.69, 9.17) is 4.74 Å². The van der Waals surface area contributed by atoms with Crippen molar-refractivity contribution >= 4 is 27.5 Å². The highest BCUT2D eigenvalue weighted by molar-refractivity contribution is 7.92. The van der Waals surface area contributed by atoms with Gasteiger partial charge in [-0.25, -0.2) is 13.2 Å². The highest BCUT2D eigenvalue weighted by atomic mass is 32.2. The minimum absolute atomic E-state index is 0.0155. The summed E-state index contributed by atoms with van der Waals surface area (Å²) in [6.07, 6.45) is 1.83. The molecule has 7 heteroatoms. The first-order chi connectivity index (χ1) is 12.9. The standard InChI is InChI=1S/C20H21NO5S/c1-21(16-9-3-2-4-10-16)27(24,25)17-11-7-8-15(14-17)20(23)26-19-13-6-5-12-18(19)22/h2-4,7-11,14,19H,5-6,12-13H2,1H3/t19-/m0/s1. The third kappa shape index (κ3) is 4.19. The number of carbonyl (C=O) groups excluding carboxylic acids is 2. The van der Waals surface area contributed by atoms with Crippen molar-refractivity contribution in [2.24, 2.45) is 0 Å². The van der Waals surface area contributed by atoms with Crippen molar-refractivity contribution in [1.82, 2.24) is 0 Å². The molecule has 0 aromatic heterocycles. The van der Waals surface area contributed by atoms with Crippen molar-refractivity contribution in [3.8, 4) is 0 Å². The topological polar surface area (TPSA) is 80.8 Å². The zero-order valence-corrected chi connectivity index (χ0v) is 15.8. The average Bonchev–Trinajstić information content (AvgIpc) is 2.70. The van der Waals surface area contributed by atoms with E-state index < -0.39 is 22.1 Å². The monoisotopic (exact) mass is 387 g/mol. The van der Waals surface area contributed by atoms with Gasteiger partial charge in [0.05, 0.1) is 16.1 Å². The third-order valence-electron chi connectivity index (χ3n) is 4.60. The number of ketones is 1. The van der Waals surface area contributed by atoms with E-state index in [9.17, 15) is 18.0 Å². The van der Waals surface area contributed by atoms with Gasteiger partial charge in [0.25, 0.3) is 10.0 Å². The van der Waals surface area contributed by atoms with Crippen LogP contribution in [0.1, 0.15) is 36.0 Å². The number of esters is 1. The minimum Gasteiger partial charge on any atom is -0.451 e. The molecular formula is C20H21NO5S. The average molecular weight is 387 g/mol. The van der Waals surface area contributed by atoms with Gasteiger partial charge in [-0.3, -0.25) is 9.10 Å². The Morgan fingerprint density at radius 3 is 2.52 bits per heavy atom. The van der Waals surface area contributed by atoms with Crippen molar-refractivity contribution < 1.29 is 22.7 Å². The lowest BCUT2D eigenvalue weighted by atomic mass is 9.96. The van der Waals surface area contributed by atoms with Gasteiger partial charge in [0, 0.05) is 13.5 Å². The quantitative estimate of drug-likeness (QED) is 0.736. The summed E-state index contributed by atoms with van der Waals surface area (Å²) >= 11 is 0. The summed E-state index contributed by atoms with van der Waals surface area (Å²) in [5.41, 5.74) is 0.620. The minimum atomic E-state index is -3.83. The summed E-state index contributed by atoms with van der Waals surface area (Å²) in [6, 6.07) is 14.3. The molecule has 142 valence electrons. The van der Waals surface area contributed by atoms with E-state index in [1.165, 1.54) is 31.3 Å². The number of hydrogen-bond donors (Lipinski definition) is 0. The smallest absolute Gasteiger partial charge is 0.338 e. The molecule has 0 saturated heterocycles. The van der Waals surface area contributed by atoms with Crippen LogP contribution in [0.5, 0.6) is 0 Å². The second kappa shape index (κ2) is 7.92. The van der Waals surface area contributed by atoms with Crippen LogP contribution >= 0.6 is 0 Å². The SMILES string of the molecule is CN(c1ccccc1)S(=O)(=O)c1cccc(C(=O)O[C@H]2CCCCC2=O)c1. The molecule has 2 aromatic rings. The first-order valence-electron chi connectivity index (χ1n) is 8.77. The van der Waals surface area contributed by atoms with E-state index in [0.29, 0.717) is 18.5 Å². The molecule has 27 heavy (non-hydrogen) atoms. The maximum atomic E-state index is 12.9. The van der Waals surface area contributed by atoms with Crippen molar-refractivity contribution in [3.05, 3.63) is 60.2 Å². The van der Waals surface area contributed by atoms with Gasteiger partial charge in [0.2, 0.25) is 0 Å². The lowest BCUT2D eigenvalue weighted by molar-refractivity contribution is -0.129. The van der Waals surface area contributed by atoms with Crippen molar-refractivity contribution in [3.63, 3.8) is 0 Å². The molecule has 0 amide bonds. The highest BCUT2D eigenvalue weighted by Gasteiger charge is 2.27. The van der Waals surface area contributed by atoms with E-state index in [1.807, 2.05) is 0 Å². The number of benzene rings is 2. The van der Waals surface area contributed by atoms with Gasteiger partial charge in [-0.15, -0.1) is 0 Å². The molecular weight excluding hydrogens is 366 g/mol. The number of carbonyl (C=O) groups is 2. The molecule has 0 heterocycles. The molecule has 0 spiro atoms. The fourth-order valence-corrected chi connectivity index (χ4v) is 4.23. The van der Waals surface area contributed by atoms with E-state index >= 15 is 0 Å². The lowest BCUT2D eigenvalue weighted by Gasteiger charge is -2.21. The molecule has 0 N–H and O–H groups in total. The molecule has 1 fully saturated rings. The van der Waals surface area contributed by atoms with Gasteiger partial charge < -0.3 is 4.74 Å². The maximum absolute atomic E-state index is 12.9. The number of rotatable bonds is 5. The summed E-state index contributed by atoms with van der Waals surface area (Å²) in [5.74, 6) is -0.767. The molecule has 1 saturated carbocycles. The molecule has 6 nitrogen and oxygen atoms in total. The highest BCUT2D eigenvalue weighted by Crippen LogP contribution is 2.23. The van der Waals surface area contributed by atoms with E-state index in [1.54, 1.807) is 30.3 Å². The van der Waals surface area contributed by atoms with Crippen molar-refractivity contribution in [2.45, 2.75) is 36.7 Å². The van der Waals surface area contributed by atoms with Crippen LogP contribution in [-0.4, -0.2) is 33.3 Å². The maximum Gasteiger partial charge on any atom is 0.338 e. The second-order valence-corrected chi connectivity index (χ2v) is 8.41. The van der Waals surface area contributed by atoms with Crippen LogP contribution < -0.4 is 4.31 Å². The van der Waals surface area contributed by atoms with Crippen LogP contribution in [0.15, 0.2) is 59.5 Å². The number of anilines is 1. The Hall–Kier alpha value is -2.67. The van der Waals surface area contributed by atoms with Gasteiger partial charge in [-0.1, -0.05) is 24.3 Å². The molecule has 0 radical (unpaired) electrons. The summed E-state index contributed by atoms with van der Waals surface area (Å²) in [4.78, 5) is 24.2. The van der Waals surface area contributed by atoms with Crippen LogP contribution in [0.2, 0.25) is 0 Å². The Balaban J connectivity index is 1.82. The van der Waals surface area contributed by atoms with Crippen LogP contribution in [0, 0.1) is 0 Å². The molecule has 0 unspecified atom stereocenters. The molecule has 3 rings (SSSR count). The van der Waals surface area contributed by atoms with Crippen molar-refractivity contribution in [1.29, 1.82) is 0 Å². The Morgan fingerprint density at radius 1 is 1.07 bits per heavy atom. The number of hydrogen-bond acceptors (Lipinski definition) is 5. The Bertz CT molecular complexity index is 940. The van der Waals surface area contributed by atoms with Crippen LogP contribution in [0.25, 0.3) is 0 Å². The van der Waals surface area contributed by atoms with Crippen LogP contribution in [-0.2, 0) is 19.6 Å². The zero-order valence-electron chi connectivity index (χ0n) is 15.0. The first kappa shape index (κ1) is 19.1. The Kier molecular flexibility index (Phi) is 5.60. The molecule has 1 aliphatic rings. The molecule has 0 bridgehead atoms. The van der Waals surface area contributed by atoms with Crippen molar-refractivity contribution in [2.75, 3.05) is 11.4 Å².